The van der Waals surface area contributed by atoms with Gasteiger partial charge in [0.25, 0.3) is 0 Å². The van der Waals surface area contributed by atoms with Crippen molar-refractivity contribution in [3.8, 4) is 0 Å². The van der Waals surface area contributed by atoms with Crippen LogP contribution in [0, 0.1) is 0 Å². The van der Waals surface area contributed by atoms with E-state index in [-0.39, 0.29) is 0 Å². The van der Waals surface area contributed by atoms with Crippen LogP contribution in [0.2, 0.25) is 10.0 Å². The van der Waals surface area contributed by atoms with Gasteiger partial charge < -0.3 is 5.32 Å². The molecule has 0 saturated heterocycles. The summed E-state index contributed by atoms with van der Waals surface area (Å²) in [5.74, 6) is 0. The Morgan fingerprint density at radius 3 is 2.38 bits per heavy atom. The lowest BCUT2D eigenvalue weighted by Gasteiger charge is -2.07. The van der Waals surface area contributed by atoms with Crippen LogP contribution in [0.15, 0.2) is 35.7 Å². The van der Waals surface area contributed by atoms with Gasteiger partial charge in [-0.1, -0.05) is 35.3 Å². The number of rotatable bonds is 4. The number of thiophene rings is 1. The summed E-state index contributed by atoms with van der Waals surface area (Å²) in [6.07, 6.45) is 0. The molecule has 0 atom stereocenters. The van der Waals surface area contributed by atoms with Gasteiger partial charge in [0.05, 0.1) is 0 Å². The minimum absolute atomic E-state index is 0.691. The van der Waals surface area contributed by atoms with Gasteiger partial charge in [0.15, 0.2) is 0 Å². The maximum Gasteiger partial charge on any atom is 0.0465 e. The first-order chi connectivity index (χ1) is 7.77. The van der Waals surface area contributed by atoms with Crippen LogP contribution < -0.4 is 5.32 Å². The lowest BCUT2D eigenvalue weighted by atomic mass is 10.2. The second kappa shape index (κ2) is 5.69. The number of halogens is 2. The molecular weight excluding hydrogens is 261 g/mol. The van der Waals surface area contributed by atoms with E-state index in [0.29, 0.717) is 16.6 Å². The van der Waals surface area contributed by atoms with Gasteiger partial charge in [-0.15, -0.1) is 11.3 Å². The molecule has 1 aromatic heterocycles. The Bertz CT molecular complexity index is 434. The standard InChI is InChI=1S/C12H11Cl2NS/c13-11-4-1-5-12(14)10(11)8-15-7-9-3-2-6-16-9/h1-6,15H,7-8H2. The summed E-state index contributed by atoms with van der Waals surface area (Å²) < 4.78 is 0. The van der Waals surface area contributed by atoms with Gasteiger partial charge in [0.2, 0.25) is 0 Å². The van der Waals surface area contributed by atoms with Crippen molar-refractivity contribution >= 4 is 34.5 Å². The summed E-state index contributed by atoms with van der Waals surface area (Å²) in [4.78, 5) is 1.31. The van der Waals surface area contributed by atoms with Crippen LogP contribution in [0.3, 0.4) is 0 Å². The van der Waals surface area contributed by atoms with Gasteiger partial charge in [-0.2, -0.15) is 0 Å². The fraction of sp³-hybridized carbons (Fsp3) is 0.167. The van der Waals surface area contributed by atoms with Crippen molar-refractivity contribution in [2.24, 2.45) is 0 Å². The molecule has 1 aromatic carbocycles. The number of nitrogens with one attached hydrogen (secondary N) is 1. The zero-order valence-corrected chi connectivity index (χ0v) is 10.9. The SMILES string of the molecule is Clc1cccc(Cl)c1CNCc1cccs1. The largest absolute Gasteiger partial charge is 0.308 e. The minimum Gasteiger partial charge on any atom is -0.308 e. The van der Waals surface area contributed by atoms with Gasteiger partial charge in [0, 0.05) is 33.6 Å². The average molecular weight is 272 g/mol. The van der Waals surface area contributed by atoms with E-state index in [9.17, 15) is 0 Å². The van der Waals surface area contributed by atoms with Crippen molar-refractivity contribution in [1.82, 2.24) is 5.32 Å². The maximum absolute atomic E-state index is 6.07. The number of hydrogen-bond acceptors (Lipinski definition) is 2. The summed E-state index contributed by atoms with van der Waals surface area (Å²) in [7, 11) is 0. The van der Waals surface area contributed by atoms with Crippen molar-refractivity contribution in [3.63, 3.8) is 0 Å². The van der Waals surface area contributed by atoms with Gasteiger partial charge in [-0.05, 0) is 23.6 Å². The molecule has 0 radical (unpaired) electrons. The van der Waals surface area contributed by atoms with Crippen LogP contribution in [0.5, 0.6) is 0 Å². The van der Waals surface area contributed by atoms with E-state index >= 15 is 0 Å². The Morgan fingerprint density at radius 1 is 1.00 bits per heavy atom. The third kappa shape index (κ3) is 2.98. The van der Waals surface area contributed by atoms with Crippen LogP contribution in [-0.2, 0) is 13.1 Å². The van der Waals surface area contributed by atoms with Crippen LogP contribution in [0.1, 0.15) is 10.4 Å². The molecule has 0 aliphatic heterocycles. The Labute approximate surface area is 109 Å². The molecule has 84 valence electrons. The summed E-state index contributed by atoms with van der Waals surface area (Å²) in [5, 5.41) is 6.82. The van der Waals surface area contributed by atoms with Crippen LogP contribution >= 0.6 is 34.5 Å². The molecule has 0 spiro atoms. The topological polar surface area (TPSA) is 12.0 Å². The molecule has 1 nitrogen and oxygen atoms in total. The molecule has 2 rings (SSSR count). The number of benzene rings is 1. The molecular formula is C12H11Cl2NS. The molecule has 1 N–H and O–H groups in total. The Morgan fingerprint density at radius 2 is 1.75 bits per heavy atom. The Kier molecular flexibility index (Phi) is 4.24. The van der Waals surface area contributed by atoms with Gasteiger partial charge >= 0.3 is 0 Å². The minimum atomic E-state index is 0.691. The van der Waals surface area contributed by atoms with E-state index in [1.54, 1.807) is 11.3 Å². The third-order valence-electron chi connectivity index (χ3n) is 2.24. The molecule has 2 aromatic rings. The van der Waals surface area contributed by atoms with Gasteiger partial charge in [-0.25, -0.2) is 0 Å². The fourth-order valence-corrected chi connectivity index (χ4v) is 2.63. The highest BCUT2D eigenvalue weighted by atomic mass is 35.5. The molecule has 16 heavy (non-hydrogen) atoms. The fourth-order valence-electron chi connectivity index (χ4n) is 1.43. The highest BCUT2D eigenvalue weighted by Gasteiger charge is 2.04. The number of hydrogen-bond donors (Lipinski definition) is 1. The molecule has 0 bridgehead atoms. The zero-order chi connectivity index (χ0) is 11.4. The zero-order valence-electron chi connectivity index (χ0n) is 8.54. The molecule has 4 heteroatoms. The molecule has 0 aliphatic rings. The van der Waals surface area contributed by atoms with E-state index in [1.165, 1.54) is 4.88 Å². The van der Waals surface area contributed by atoms with Crippen molar-refractivity contribution < 1.29 is 0 Å². The second-order valence-electron chi connectivity index (χ2n) is 3.38. The lowest BCUT2D eigenvalue weighted by molar-refractivity contribution is 0.701. The summed E-state index contributed by atoms with van der Waals surface area (Å²) >= 11 is 13.9. The Hall–Kier alpha value is -0.540. The average Bonchev–Trinajstić information content (AvgIpc) is 2.75. The van der Waals surface area contributed by atoms with E-state index in [1.807, 2.05) is 24.3 Å². The Balaban J connectivity index is 1.95. The molecule has 1 heterocycles. The maximum atomic E-state index is 6.07. The molecule has 0 aliphatic carbocycles. The summed E-state index contributed by atoms with van der Waals surface area (Å²) in [6, 6.07) is 9.72. The monoisotopic (exact) mass is 271 g/mol. The van der Waals surface area contributed by atoms with E-state index in [0.717, 1.165) is 12.1 Å². The van der Waals surface area contributed by atoms with Crippen LogP contribution in [0.4, 0.5) is 0 Å². The van der Waals surface area contributed by atoms with Crippen LogP contribution in [-0.4, -0.2) is 0 Å². The molecule has 0 unspecified atom stereocenters. The van der Waals surface area contributed by atoms with E-state index in [4.69, 9.17) is 23.2 Å². The van der Waals surface area contributed by atoms with Gasteiger partial charge in [0.1, 0.15) is 0 Å². The van der Waals surface area contributed by atoms with Crippen molar-refractivity contribution in [2.75, 3.05) is 0 Å². The van der Waals surface area contributed by atoms with E-state index < -0.39 is 0 Å². The summed E-state index contributed by atoms with van der Waals surface area (Å²) in [6.45, 7) is 1.54. The normalized spacial score (nSPS) is 10.6. The molecule has 0 saturated carbocycles. The molecule has 0 amide bonds. The van der Waals surface area contributed by atoms with Crippen molar-refractivity contribution in [1.29, 1.82) is 0 Å². The van der Waals surface area contributed by atoms with Crippen molar-refractivity contribution in [3.05, 3.63) is 56.2 Å². The van der Waals surface area contributed by atoms with Crippen molar-refractivity contribution in [2.45, 2.75) is 13.1 Å². The highest BCUT2D eigenvalue weighted by Crippen LogP contribution is 2.24. The first-order valence-corrected chi connectivity index (χ1v) is 6.57. The van der Waals surface area contributed by atoms with E-state index in [2.05, 4.69) is 16.8 Å². The predicted octanol–water partition coefficient (Wildman–Crippen LogP) is 4.34. The second-order valence-corrected chi connectivity index (χ2v) is 5.23. The summed E-state index contributed by atoms with van der Waals surface area (Å²) in [5.41, 5.74) is 0.961. The highest BCUT2D eigenvalue weighted by molar-refractivity contribution is 7.09. The molecule has 0 fully saturated rings. The smallest absolute Gasteiger partial charge is 0.0465 e. The third-order valence-corrected chi connectivity index (χ3v) is 3.83. The lowest BCUT2D eigenvalue weighted by Crippen LogP contribution is -2.12. The van der Waals surface area contributed by atoms with Crippen LogP contribution in [0.25, 0.3) is 0 Å². The first-order valence-electron chi connectivity index (χ1n) is 4.93. The van der Waals surface area contributed by atoms with Gasteiger partial charge in [-0.3, -0.25) is 0 Å². The quantitative estimate of drug-likeness (QED) is 0.872. The predicted molar refractivity (Wildman–Crippen MR) is 71.3 cm³/mol. The first kappa shape index (κ1) is 11.9.